The van der Waals surface area contributed by atoms with Gasteiger partial charge in [0.1, 0.15) is 0 Å². The van der Waals surface area contributed by atoms with E-state index in [2.05, 4.69) is 29.6 Å². The summed E-state index contributed by atoms with van der Waals surface area (Å²) in [6, 6.07) is 27.5. The van der Waals surface area contributed by atoms with Crippen molar-refractivity contribution in [3.05, 3.63) is 96.1 Å². The van der Waals surface area contributed by atoms with Gasteiger partial charge in [-0.15, -0.1) is 0 Å². The van der Waals surface area contributed by atoms with E-state index in [1.165, 1.54) is 11.1 Å². The number of nitrogens with one attached hydrogen (secondary N) is 1. The Labute approximate surface area is 194 Å². The Morgan fingerprint density at radius 2 is 1.30 bits per heavy atom. The van der Waals surface area contributed by atoms with Crippen molar-refractivity contribution < 1.29 is 23.8 Å². The van der Waals surface area contributed by atoms with Gasteiger partial charge in [0, 0.05) is 12.5 Å². The standard InChI is InChI=1S/C27H29NO5/c1-2-31-24-15-9-10-16-25(24)32-20-27(30)33-19-26(29)28-18-17-23(21-11-5-3-6-12-21)22-13-7-4-8-14-22/h3-16,23H,2,17-20H2,1H3,(H,28,29). The molecule has 0 aliphatic heterocycles. The highest BCUT2D eigenvalue weighted by atomic mass is 16.6. The molecule has 1 N–H and O–H groups in total. The van der Waals surface area contributed by atoms with Crippen molar-refractivity contribution in [1.82, 2.24) is 5.32 Å². The Morgan fingerprint density at radius 1 is 0.758 bits per heavy atom. The molecule has 0 unspecified atom stereocenters. The van der Waals surface area contributed by atoms with Crippen molar-refractivity contribution in [2.45, 2.75) is 19.3 Å². The summed E-state index contributed by atoms with van der Waals surface area (Å²) < 4.78 is 16.0. The molecule has 0 fully saturated rings. The van der Waals surface area contributed by atoms with E-state index in [1.807, 2.05) is 49.4 Å². The second-order valence-corrected chi connectivity index (χ2v) is 7.34. The van der Waals surface area contributed by atoms with E-state index in [0.29, 0.717) is 24.7 Å². The maximum absolute atomic E-state index is 12.2. The number of ether oxygens (including phenoxy) is 3. The van der Waals surface area contributed by atoms with E-state index in [-0.39, 0.29) is 25.0 Å². The number of carbonyl (C=O) groups is 2. The van der Waals surface area contributed by atoms with Crippen LogP contribution in [0.25, 0.3) is 0 Å². The van der Waals surface area contributed by atoms with Gasteiger partial charge < -0.3 is 19.5 Å². The molecule has 0 saturated carbocycles. The monoisotopic (exact) mass is 447 g/mol. The fourth-order valence-electron chi connectivity index (χ4n) is 3.47. The van der Waals surface area contributed by atoms with Crippen LogP contribution in [-0.4, -0.2) is 38.2 Å². The fraction of sp³-hybridized carbons (Fsp3) is 0.259. The quantitative estimate of drug-likeness (QED) is 0.418. The molecular formula is C27H29NO5. The molecule has 0 aliphatic carbocycles. The molecule has 3 aromatic rings. The van der Waals surface area contributed by atoms with E-state index in [4.69, 9.17) is 14.2 Å². The highest BCUT2D eigenvalue weighted by Crippen LogP contribution is 2.27. The number of hydrogen-bond acceptors (Lipinski definition) is 5. The first kappa shape index (κ1) is 23.9. The minimum atomic E-state index is -0.622. The van der Waals surface area contributed by atoms with E-state index in [9.17, 15) is 9.59 Å². The van der Waals surface area contributed by atoms with Crippen LogP contribution in [0.1, 0.15) is 30.4 Å². The molecule has 3 aromatic carbocycles. The highest BCUT2D eigenvalue weighted by Gasteiger charge is 2.15. The van der Waals surface area contributed by atoms with Gasteiger partial charge in [-0.1, -0.05) is 72.8 Å². The minimum absolute atomic E-state index is 0.161. The van der Waals surface area contributed by atoms with Gasteiger partial charge in [-0.3, -0.25) is 4.79 Å². The maximum Gasteiger partial charge on any atom is 0.344 e. The lowest BCUT2D eigenvalue weighted by atomic mass is 9.88. The molecule has 0 atom stereocenters. The summed E-state index contributed by atoms with van der Waals surface area (Å²) in [5.74, 6) is 0.195. The third-order valence-corrected chi connectivity index (χ3v) is 5.02. The highest BCUT2D eigenvalue weighted by molar-refractivity contribution is 5.80. The molecule has 172 valence electrons. The molecule has 3 rings (SSSR count). The van der Waals surface area contributed by atoms with Crippen LogP contribution in [0.5, 0.6) is 11.5 Å². The van der Waals surface area contributed by atoms with E-state index in [1.54, 1.807) is 18.2 Å². The van der Waals surface area contributed by atoms with Crippen LogP contribution >= 0.6 is 0 Å². The molecule has 0 aliphatic rings. The van der Waals surface area contributed by atoms with Crippen molar-refractivity contribution >= 4 is 11.9 Å². The summed E-state index contributed by atoms with van der Waals surface area (Å²) in [6.07, 6.45) is 0.727. The number of benzene rings is 3. The molecule has 0 heterocycles. The Bertz CT molecular complexity index is 968. The van der Waals surface area contributed by atoms with Crippen molar-refractivity contribution in [2.24, 2.45) is 0 Å². The van der Waals surface area contributed by atoms with Crippen LogP contribution in [-0.2, 0) is 14.3 Å². The lowest BCUT2D eigenvalue weighted by molar-refractivity contribution is -0.150. The number of para-hydroxylation sites is 2. The third kappa shape index (κ3) is 7.68. The van der Waals surface area contributed by atoms with Crippen molar-refractivity contribution in [1.29, 1.82) is 0 Å². The Kier molecular flexibility index (Phi) is 9.33. The average Bonchev–Trinajstić information content (AvgIpc) is 2.86. The van der Waals surface area contributed by atoms with Gasteiger partial charge in [0.25, 0.3) is 5.91 Å². The number of rotatable bonds is 12. The minimum Gasteiger partial charge on any atom is -0.490 e. The van der Waals surface area contributed by atoms with E-state index in [0.717, 1.165) is 6.42 Å². The Hall–Kier alpha value is -3.80. The average molecular weight is 448 g/mol. The van der Waals surface area contributed by atoms with Gasteiger partial charge in [0.15, 0.2) is 24.7 Å². The van der Waals surface area contributed by atoms with Crippen LogP contribution in [0.4, 0.5) is 0 Å². The smallest absolute Gasteiger partial charge is 0.344 e. The fourth-order valence-corrected chi connectivity index (χ4v) is 3.47. The van der Waals surface area contributed by atoms with Crippen LogP contribution in [0.2, 0.25) is 0 Å². The summed E-state index contributed by atoms with van der Waals surface area (Å²) in [5, 5.41) is 2.83. The molecule has 33 heavy (non-hydrogen) atoms. The van der Waals surface area contributed by atoms with Crippen LogP contribution in [0, 0.1) is 0 Å². The zero-order valence-corrected chi connectivity index (χ0v) is 18.7. The van der Waals surface area contributed by atoms with Gasteiger partial charge in [0.2, 0.25) is 0 Å². The number of esters is 1. The lowest BCUT2D eigenvalue weighted by Crippen LogP contribution is -2.31. The lowest BCUT2D eigenvalue weighted by Gasteiger charge is -2.18. The molecule has 0 saturated heterocycles. The number of hydrogen-bond donors (Lipinski definition) is 1. The normalized spacial score (nSPS) is 10.5. The molecule has 0 radical (unpaired) electrons. The maximum atomic E-state index is 12.2. The van der Waals surface area contributed by atoms with Crippen molar-refractivity contribution in [3.63, 3.8) is 0 Å². The van der Waals surface area contributed by atoms with Crippen molar-refractivity contribution in [2.75, 3.05) is 26.4 Å². The predicted molar refractivity (Wildman–Crippen MR) is 126 cm³/mol. The largest absolute Gasteiger partial charge is 0.490 e. The molecule has 0 aromatic heterocycles. The van der Waals surface area contributed by atoms with Gasteiger partial charge in [-0.05, 0) is 36.6 Å². The summed E-state index contributed by atoms with van der Waals surface area (Å²) >= 11 is 0. The predicted octanol–water partition coefficient (Wildman–Crippen LogP) is 4.35. The van der Waals surface area contributed by atoms with Crippen LogP contribution in [0.15, 0.2) is 84.9 Å². The topological polar surface area (TPSA) is 73.9 Å². The third-order valence-electron chi connectivity index (χ3n) is 5.02. The second kappa shape index (κ2) is 12.9. The van der Waals surface area contributed by atoms with Crippen molar-refractivity contribution in [3.8, 4) is 11.5 Å². The zero-order chi connectivity index (χ0) is 23.3. The molecule has 0 spiro atoms. The Morgan fingerprint density at radius 3 is 1.88 bits per heavy atom. The second-order valence-electron chi connectivity index (χ2n) is 7.34. The van der Waals surface area contributed by atoms with E-state index >= 15 is 0 Å². The summed E-state index contributed by atoms with van der Waals surface area (Å²) in [6.45, 7) is 2.16. The van der Waals surface area contributed by atoms with Gasteiger partial charge in [-0.25, -0.2) is 4.79 Å². The van der Waals surface area contributed by atoms with Gasteiger partial charge in [0.05, 0.1) is 6.61 Å². The molecule has 6 nitrogen and oxygen atoms in total. The molecule has 6 heteroatoms. The van der Waals surface area contributed by atoms with Gasteiger partial charge in [-0.2, -0.15) is 0 Å². The summed E-state index contributed by atoms with van der Waals surface area (Å²) in [7, 11) is 0. The first-order valence-electron chi connectivity index (χ1n) is 11.0. The zero-order valence-electron chi connectivity index (χ0n) is 18.7. The number of amides is 1. The summed E-state index contributed by atoms with van der Waals surface area (Å²) in [5.41, 5.74) is 2.38. The van der Waals surface area contributed by atoms with E-state index < -0.39 is 5.97 Å². The molecular weight excluding hydrogens is 418 g/mol. The first-order chi connectivity index (χ1) is 16.2. The SMILES string of the molecule is CCOc1ccccc1OCC(=O)OCC(=O)NCCC(c1ccccc1)c1ccccc1. The van der Waals surface area contributed by atoms with Crippen LogP contribution in [0.3, 0.4) is 0 Å². The molecule has 1 amide bonds. The molecule has 0 bridgehead atoms. The van der Waals surface area contributed by atoms with Crippen LogP contribution < -0.4 is 14.8 Å². The number of carbonyl (C=O) groups excluding carboxylic acids is 2. The Balaban J connectivity index is 1.43. The first-order valence-corrected chi connectivity index (χ1v) is 11.0. The van der Waals surface area contributed by atoms with Gasteiger partial charge >= 0.3 is 5.97 Å². The summed E-state index contributed by atoms with van der Waals surface area (Å²) in [4.78, 5) is 24.1.